The van der Waals surface area contributed by atoms with E-state index in [0.29, 0.717) is 26.2 Å². The van der Waals surface area contributed by atoms with Crippen molar-refractivity contribution >= 4 is 18.3 Å². The highest BCUT2D eigenvalue weighted by Crippen LogP contribution is 2.20. The zero-order valence-electron chi connectivity index (χ0n) is 14.3. The fraction of sp³-hybridized carbons (Fsp3) is 0.933. The van der Waals surface area contributed by atoms with Crippen LogP contribution < -0.4 is 5.73 Å². The molecule has 0 aromatic carbocycles. The zero-order valence-corrected chi connectivity index (χ0v) is 15.1. The summed E-state index contributed by atoms with van der Waals surface area (Å²) in [6.45, 7) is 5.66. The van der Waals surface area contributed by atoms with Crippen LogP contribution in [0.5, 0.6) is 0 Å². The summed E-state index contributed by atoms with van der Waals surface area (Å²) >= 11 is 0. The number of aliphatic hydroxyl groups is 1. The Bertz CT molecular complexity index is 333. The fourth-order valence-electron chi connectivity index (χ4n) is 2.33. The molecule has 8 heteroatoms. The number of amides is 1. The van der Waals surface area contributed by atoms with Crippen LogP contribution in [0, 0.1) is 0 Å². The lowest BCUT2D eigenvalue weighted by molar-refractivity contribution is -0.143. The summed E-state index contributed by atoms with van der Waals surface area (Å²) in [6.07, 6.45) is 0.468. The predicted octanol–water partition coefficient (Wildman–Crippen LogP) is 0.175. The second-order valence-electron chi connectivity index (χ2n) is 5.93. The number of aliphatic hydroxyl groups excluding tert-OH is 1. The lowest BCUT2D eigenvalue weighted by Gasteiger charge is -2.24. The molecule has 7 nitrogen and oxygen atoms in total. The van der Waals surface area contributed by atoms with E-state index >= 15 is 0 Å². The van der Waals surface area contributed by atoms with Crippen LogP contribution in [-0.4, -0.2) is 80.3 Å². The van der Waals surface area contributed by atoms with Crippen molar-refractivity contribution in [2.75, 3.05) is 40.0 Å². The molecule has 1 saturated heterocycles. The standard InChI is InChI=1S/C15H30N2O5.ClH/c1-11(2)21-7-6-20-10-12(18)9-17(3)15(19)14-5-4-13(8-16)22-14;/h11-14,18H,4-10,16H2,1-3H3;1H/t12?,13-,14+;/m1./s1. The monoisotopic (exact) mass is 354 g/mol. The van der Waals surface area contributed by atoms with Crippen molar-refractivity contribution < 1.29 is 24.1 Å². The van der Waals surface area contributed by atoms with Gasteiger partial charge in [-0.05, 0) is 26.7 Å². The van der Waals surface area contributed by atoms with Gasteiger partial charge in [-0.2, -0.15) is 0 Å². The number of halogens is 1. The molecule has 1 heterocycles. The summed E-state index contributed by atoms with van der Waals surface area (Å²) in [5.41, 5.74) is 5.53. The van der Waals surface area contributed by atoms with Crippen molar-refractivity contribution in [3.8, 4) is 0 Å². The summed E-state index contributed by atoms with van der Waals surface area (Å²) in [5.74, 6) is -0.113. The van der Waals surface area contributed by atoms with Crippen LogP contribution in [0.15, 0.2) is 0 Å². The van der Waals surface area contributed by atoms with E-state index in [-0.39, 0.29) is 43.7 Å². The molecule has 1 fully saturated rings. The molecule has 0 radical (unpaired) electrons. The lowest BCUT2D eigenvalue weighted by atomic mass is 10.2. The van der Waals surface area contributed by atoms with E-state index in [9.17, 15) is 9.90 Å². The summed E-state index contributed by atoms with van der Waals surface area (Å²) in [6, 6.07) is 0. The highest BCUT2D eigenvalue weighted by Gasteiger charge is 2.32. The Morgan fingerprint density at radius 3 is 2.65 bits per heavy atom. The van der Waals surface area contributed by atoms with E-state index in [1.165, 1.54) is 4.90 Å². The van der Waals surface area contributed by atoms with E-state index in [0.717, 1.165) is 6.42 Å². The van der Waals surface area contributed by atoms with Gasteiger partial charge in [-0.25, -0.2) is 0 Å². The minimum Gasteiger partial charge on any atom is -0.389 e. The number of nitrogens with two attached hydrogens (primary N) is 1. The molecule has 23 heavy (non-hydrogen) atoms. The molecular formula is C15H31ClN2O5. The minimum atomic E-state index is -0.722. The van der Waals surface area contributed by atoms with Crippen LogP contribution in [0.3, 0.4) is 0 Å². The number of rotatable bonds is 10. The number of likely N-dealkylation sites (N-methyl/N-ethyl adjacent to an activating group) is 1. The van der Waals surface area contributed by atoms with Gasteiger partial charge in [0.15, 0.2) is 0 Å². The third kappa shape index (κ3) is 8.83. The van der Waals surface area contributed by atoms with Crippen LogP contribution in [-0.2, 0) is 19.0 Å². The van der Waals surface area contributed by atoms with Gasteiger partial charge in [0.05, 0.1) is 38.1 Å². The Morgan fingerprint density at radius 2 is 2.09 bits per heavy atom. The molecule has 3 N–H and O–H groups in total. The van der Waals surface area contributed by atoms with Gasteiger partial charge in [0.25, 0.3) is 5.91 Å². The second-order valence-corrected chi connectivity index (χ2v) is 5.93. The average Bonchev–Trinajstić information content (AvgIpc) is 2.94. The number of ether oxygens (including phenoxy) is 3. The van der Waals surface area contributed by atoms with E-state index in [4.69, 9.17) is 19.9 Å². The molecular weight excluding hydrogens is 324 g/mol. The number of hydrogen-bond donors (Lipinski definition) is 2. The lowest BCUT2D eigenvalue weighted by Crippen LogP contribution is -2.42. The topological polar surface area (TPSA) is 94.2 Å². The second kappa shape index (κ2) is 12.0. The first-order chi connectivity index (χ1) is 10.4. The van der Waals surface area contributed by atoms with Gasteiger partial charge in [-0.3, -0.25) is 4.79 Å². The van der Waals surface area contributed by atoms with Crippen molar-refractivity contribution in [3.63, 3.8) is 0 Å². The average molecular weight is 355 g/mol. The SMILES string of the molecule is CC(C)OCCOCC(O)CN(C)C(=O)[C@@H]1CC[C@H](CN)O1.Cl. The van der Waals surface area contributed by atoms with Gasteiger partial charge >= 0.3 is 0 Å². The number of carbonyl (C=O) groups excluding carboxylic acids is 1. The normalized spacial score (nSPS) is 22.0. The Hall–Kier alpha value is -0.440. The van der Waals surface area contributed by atoms with Crippen molar-refractivity contribution in [2.45, 2.75) is 51.1 Å². The molecule has 1 aliphatic heterocycles. The van der Waals surface area contributed by atoms with E-state index in [1.807, 2.05) is 13.8 Å². The van der Waals surface area contributed by atoms with Gasteiger partial charge in [-0.1, -0.05) is 0 Å². The van der Waals surface area contributed by atoms with Crippen LogP contribution in [0.2, 0.25) is 0 Å². The zero-order chi connectivity index (χ0) is 16.5. The molecule has 0 aliphatic carbocycles. The maximum Gasteiger partial charge on any atom is 0.251 e. The summed E-state index contributed by atoms with van der Waals surface area (Å²) in [7, 11) is 1.66. The third-order valence-corrected chi connectivity index (χ3v) is 3.50. The molecule has 138 valence electrons. The van der Waals surface area contributed by atoms with Crippen molar-refractivity contribution in [1.82, 2.24) is 4.90 Å². The largest absolute Gasteiger partial charge is 0.389 e. The quantitative estimate of drug-likeness (QED) is 0.543. The molecule has 0 bridgehead atoms. The molecule has 0 aromatic heterocycles. The van der Waals surface area contributed by atoms with E-state index in [1.54, 1.807) is 7.05 Å². The first-order valence-electron chi connectivity index (χ1n) is 7.92. The molecule has 0 spiro atoms. The molecule has 0 aromatic rings. The highest BCUT2D eigenvalue weighted by atomic mass is 35.5. The number of nitrogens with zero attached hydrogens (tertiary/aromatic N) is 1. The Kier molecular flexibility index (Phi) is 11.8. The van der Waals surface area contributed by atoms with Crippen LogP contribution in [0.4, 0.5) is 0 Å². The van der Waals surface area contributed by atoms with Gasteiger partial charge in [0.1, 0.15) is 6.10 Å². The maximum absolute atomic E-state index is 12.2. The molecule has 1 rings (SSSR count). The van der Waals surface area contributed by atoms with Gasteiger partial charge < -0.3 is 30.0 Å². The molecule has 1 unspecified atom stereocenters. The number of carbonyl (C=O) groups is 1. The first-order valence-corrected chi connectivity index (χ1v) is 7.92. The predicted molar refractivity (Wildman–Crippen MR) is 89.7 cm³/mol. The van der Waals surface area contributed by atoms with E-state index in [2.05, 4.69) is 0 Å². The smallest absolute Gasteiger partial charge is 0.251 e. The van der Waals surface area contributed by atoms with Crippen LogP contribution in [0.25, 0.3) is 0 Å². The van der Waals surface area contributed by atoms with Gasteiger partial charge in [0, 0.05) is 20.1 Å². The highest BCUT2D eigenvalue weighted by molar-refractivity contribution is 5.85. The summed E-state index contributed by atoms with van der Waals surface area (Å²) < 4.78 is 16.2. The summed E-state index contributed by atoms with van der Waals surface area (Å²) in [4.78, 5) is 13.7. The minimum absolute atomic E-state index is 0. The first kappa shape index (κ1) is 22.6. The fourth-order valence-corrected chi connectivity index (χ4v) is 2.33. The maximum atomic E-state index is 12.2. The number of hydrogen-bond acceptors (Lipinski definition) is 6. The molecule has 1 amide bonds. The summed E-state index contributed by atoms with van der Waals surface area (Å²) in [5, 5.41) is 9.90. The van der Waals surface area contributed by atoms with Crippen LogP contribution >= 0.6 is 12.4 Å². The Labute approximate surface area is 144 Å². The van der Waals surface area contributed by atoms with Crippen molar-refractivity contribution in [1.29, 1.82) is 0 Å². The van der Waals surface area contributed by atoms with Gasteiger partial charge in [0.2, 0.25) is 0 Å². The Balaban J connectivity index is 0.00000484. The molecule has 0 saturated carbocycles. The van der Waals surface area contributed by atoms with Crippen LogP contribution in [0.1, 0.15) is 26.7 Å². The molecule has 1 aliphatic rings. The van der Waals surface area contributed by atoms with Crippen molar-refractivity contribution in [2.24, 2.45) is 5.73 Å². The van der Waals surface area contributed by atoms with Crippen molar-refractivity contribution in [3.05, 3.63) is 0 Å². The third-order valence-electron chi connectivity index (χ3n) is 3.50. The Morgan fingerprint density at radius 1 is 1.39 bits per heavy atom. The van der Waals surface area contributed by atoms with Gasteiger partial charge in [-0.15, -0.1) is 12.4 Å². The molecule has 3 atom stereocenters. The van der Waals surface area contributed by atoms with E-state index < -0.39 is 12.2 Å².